The molecule has 31 heavy (non-hydrogen) atoms. The van der Waals surface area contributed by atoms with Gasteiger partial charge in [0.05, 0.1) is 13.2 Å². The fourth-order valence-electron chi connectivity index (χ4n) is 4.35. The zero-order valence-electron chi connectivity index (χ0n) is 18.8. The second-order valence-corrected chi connectivity index (χ2v) is 8.49. The molecule has 166 valence electrons. The molecule has 2 aromatic carbocycles. The smallest absolute Gasteiger partial charge is 0.225 e. The van der Waals surface area contributed by atoms with Gasteiger partial charge in [-0.25, -0.2) is 0 Å². The van der Waals surface area contributed by atoms with E-state index in [9.17, 15) is 4.79 Å². The fraction of sp³-hybridized carbons (Fsp3) is 0.480. The predicted molar refractivity (Wildman–Crippen MR) is 127 cm³/mol. The van der Waals surface area contributed by atoms with E-state index in [2.05, 4.69) is 64.2 Å². The maximum absolute atomic E-state index is 12.4. The molecule has 2 fully saturated rings. The van der Waals surface area contributed by atoms with Crippen molar-refractivity contribution in [2.75, 3.05) is 74.1 Å². The third kappa shape index (κ3) is 5.57. The Morgan fingerprint density at radius 2 is 1.61 bits per heavy atom. The third-order valence-electron chi connectivity index (χ3n) is 6.47. The van der Waals surface area contributed by atoms with Crippen molar-refractivity contribution < 1.29 is 9.53 Å². The number of amides is 1. The fourth-order valence-corrected chi connectivity index (χ4v) is 4.35. The molecule has 0 unspecified atom stereocenters. The second kappa shape index (κ2) is 10.2. The number of ether oxygens (including phenoxy) is 1. The maximum Gasteiger partial charge on any atom is 0.225 e. The number of piperazine rings is 1. The van der Waals surface area contributed by atoms with Crippen molar-refractivity contribution in [2.24, 2.45) is 0 Å². The lowest BCUT2D eigenvalue weighted by atomic mass is 10.1. The van der Waals surface area contributed by atoms with E-state index in [1.54, 1.807) is 0 Å². The number of benzene rings is 2. The first kappa shape index (κ1) is 21.7. The van der Waals surface area contributed by atoms with Gasteiger partial charge in [-0.2, -0.15) is 0 Å². The molecule has 0 aromatic heterocycles. The number of hydrogen-bond acceptors (Lipinski definition) is 5. The summed E-state index contributed by atoms with van der Waals surface area (Å²) in [6.07, 6.45) is 0.523. The molecule has 0 atom stereocenters. The van der Waals surface area contributed by atoms with E-state index in [-0.39, 0.29) is 5.91 Å². The molecule has 6 nitrogen and oxygen atoms in total. The lowest BCUT2D eigenvalue weighted by Gasteiger charge is -2.37. The number of nitrogens with zero attached hydrogens (tertiary/aromatic N) is 3. The minimum Gasteiger partial charge on any atom is -0.378 e. The van der Waals surface area contributed by atoms with E-state index in [0.29, 0.717) is 6.42 Å². The Kier molecular flexibility index (Phi) is 7.10. The van der Waals surface area contributed by atoms with Crippen LogP contribution in [-0.4, -0.2) is 69.8 Å². The summed E-state index contributed by atoms with van der Waals surface area (Å²) in [6, 6.07) is 14.7. The van der Waals surface area contributed by atoms with Gasteiger partial charge in [-0.05, 0) is 55.3 Å². The summed E-state index contributed by atoms with van der Waals surface area (Å²) in [4.78, 5) is 19.6. The number of aryl methyl sites for hydroxylation is 1. The van der Waals surface area contributed by atoms with E-state index >= 15 is 0 Å². The molecule has 6 heteroatoms. The quantitative estimate of drug-likeness (QED) is 0.774. The molecule has 4 rings (SSSR count). The highest BCUT2D eigenvalue weighted by Gasteiger charge is 2.19. The van der Waals surface area contributed by atoms with E-state index in [0.717, 1.165) is 64.7 Å². The highest BCUT2D eigenvalue weighted by Crippen LogP contribution is 2.24. The Morgan fingerprint density at radius 1 is 0.903 bits per heavy atom. The van der Waals surface area contributed by atoms with Crippen LogP contribution in [0.2, 0.25) is 0 Å². The zero-order chi connectivity index (χ0) is 21.6. The minimum absolute atomic E-state index is 0.0797. The minimum atomic E-state index is 0.0797. The van der Waals surface area contributed by atoms with Crippen molar-refractivity contribution in [2.45, 2.75) is 20.3 Å². The van der Waals surface area contributed by atoms with E-state index in [1.807, 2.05) is 12.1 Å². The third-order valence-corrected chi connectivity index (χ3v) is 6.47. The molecule has 2 heterocycles. The largest absolute Gasteiger partial charge is 0.378 e. The predicted octanol–water partition coefficient (Wildman–Crippen LogP) is 3.29. The molecule has 0 saturated carbocycles. The highest BCUT2D eigenvalue weighted by atomic mass is 16.5. The molecule has 2 aliphatic heterocycles. The second-order valence-electron chi connectivity index (χ2n) is 8.49. The van der Waals surface area contributed by atoms with E-state index in [4.69, 9.17) is 4.74 Å². The molecule has 1 amide bonds. The summed E-state index contributed by atoms with van der Waals surface area (Å²) in [5, 5.41) is 3.04. The normalized spacial score (nSPS) is 17.6. The molecule has 2 saturated heterocycles. The number of hydrogen-bond donors (Lipinski definition) is 1. The van der Waals surface area contributed by atoms with Crippen LogP contribution in [0.5, 0.6) is 0 Å². The van der Waals surface area contributed by atoms with Gasteiger partial charge in [-0.1, -0.05) is 12.1 Å². The molecule has 0 spiro atoms. The Morgan fingerprint density at radius 3 is 2.32 bits per heavy atom. The van der Waals surface area contributed by atoms with Crippen molar-refractivity contribution in [1.29, 1.82) is 0 Å². The average Bonchev–Trinajstić information content (AvgIpc) is 2.81. The molecule has 0 bridgehead atoms. The summed E-state index contributed by atoms with van der Waals surface area (Å²) in [5.74, 6) is 0.0797. The summed E-state index contributed by atoms with van der Waals surface area (Å²) in [5.41, 5.74) is 6.10. The first-order valence-electron chi connectivity index (χ1n) is 11.4. The van der Waals surface area contributed by atoms with Crippen molar-refractivity contribution in [1.82, 2.24) is 4.90 Å². The Hall–Kier alpha value is -2.57. The van der Waals surface area contributed by atoms with Crippen LogP contribution in [0.4, 0.5) is 17.1 Å². The standard InChI is InChI=1S/C25H34N4O2/c1-20-4-3-5-24(21(20)2)29-14-12-27(13-15-29)11-10-25(30)26-22-6-8-23(9-7-22)28-16-18-31-19-17-28/h3-9H,10-19H2,1-2H3,(H,26,30). The van der Waals surface area contributed by atoms with Crippen LogP contribution < -0.4 is 15.1 Å². The number of morpholine rings is 1. The number of carbonyl (C=O) groups is 1. The van der Waals surface area contributed by atoms with Gasteiger partial charge in [0.1, 0.15) is 0 Å². The molecular weight excluding hydrogens is 388 g/mol. The van der Waals surface area contributed by atoms with Crippen LogP contribution >= 0.6 is 0 Å². The average molecular weight is 423 g/mol. The molecule has 1 N–H and O–H groups in total. The topological polar surface area (TPSA) is 48.0 Å². The van der Waals surface area contributed by atoms with Gasteiger partial charge in [0.2, 0.25) is 5.91 Å². The number of anilines is 3. The van der Waals surface area contributed by atoms with Gasteiger partial charge in [0.15, 0.2) is 0 Å². The van der Waals surface area contributed by atoms with Crippen molar-refractivity contribution in [3.8, 4) is 0 Å². The lowest BCUT2D eigenvalue weighted by Crippen LogP contribution is -2.47. The van der Waals surface area contributed by atoms with Gasteiger partial charge in [-0.3, -0.25) is 9.69 Å². The highest BCUT2D eigenvalue weighted by molar-refractivity contribution is 5.91. The Bertz CT molecular complexity index is 870. The van der Waals surface area contributed by atoms with Crippen molar-refractivity contribution in [3.63, 3.8) is 0 Å². The summed E-state index contributed by atoms with van der Waals surface area (Å²) in [7, 11) is 0. The van der Waals surface area contributed by atoms with Gasteiger partial charge >= 0.3 is 0 Å². The van der Waals surface area contributed by atoms with Gasteiger partial charge in [0, 0.05) is 69.3 Å². The monoisotopic (exact) mass is 422 g/mol. The first-order valence-corrected chi connectivity index (χ1v) is 11.4. The van der Waals surface area contributed by atoms with Gasteiger partial charge in [-0.15, -0.1) is 0 Å². The molecule has 2 aliphatic rings. The van der Waals surface area contributed by atoms with Crippen LogP contribution in [0.15, 0.2) is 42.5 Å². The van der Waals surface area contributed by atoms with Crippen LogP contribution in [0.3, 0.4) is 0 Å². The SMILES string of the molecule is Cc1cccc(N2CCN(CCC(=O)Nc3ccc(N4CCOCC4)cc3)CC2)c1C. The molecular formula is C25H34N4O2. The molecule has 2 aromatic rings. The summed E-state index contributed by atoms with van der Waals surface area (Å²) >= 11 is 0. The Balaban J connectivity index is 1.20. The van der Waals surface area contributed by atoms with Crippen molar-refractivity contribution >= 4 is 23.0 Å². The first-order chi connectivity index (χ1) is 15.1. The van der Waals surface area contributed by atoms with Crippen LogP contribution in [-0.2, 0) is 9.53 Å². The van der Waals surface area contributed by atoms with Crippen molar-refractivity contribution in [3.05, 3.63) is 53.6 Å². The maximum atomic E-state index is 12.4. The van der Waals surface area contributed by atoms with Gasteiger partial charge < -0.3 is 19.9 Å². The molecule has 0 aliphatic carbocycles. The van der Waals surface area contributed by atoms with Gasteiger partial charge in [0.25, 0.3) is 0 Å². The molecule has 0 radical (unpaired) electrons. The van der Waals surface area contributed by atoms with Crippen LogP contribution in [0.25, 0.3) is 0 Å². The lowest BCUT2D eigenvalue weighted by molar-refractivity contribution is -0.116. The number of carbonyl (C=O) groups excluding carboxylic acids is 1. The van der Waals surface area contributed by atoms with E-state index < -0.39 is 0 Å². The van der Waals surface area contributed by atoms with Crippen LogP contribution in [0.1, 0.15) is 17.5 Å². The number of nitrogens with one attached hydrogen (secondary N) is 1. The van der Waals surface area contributed by atoms with Crippen LogP contribution in [0, 0.1) is 13.8 Å². The zero-order valence-corrected chi connectivity index (χ0v) is 18.8. The summed E-state index contributed by atoms with van der Waals surface area (Å²) in [6.45, 7) is 12.6. The summed E-state index contributed by atoms with van der Waals surface area (Å²) < 4.78 is 5.41. The number of rotatable bonds is 6. The Labute approximate surface area is 185 Å². The van der Waals surface area contributed by atoms with E-state index in [1.165, 1.54) is 22.5 Å².